The molecule has 0 spiro atoms. The predicted octanol–water partition coefficient (Wildman–Crippen LogP) is 4.40. The molecule has 2 rings (SSSR count). The van der Waals surface area contributed by atoms with Gasteiger partial charge in [0.15, 0.2) is 0 Å². The van der Waals surface area contributed by atoms with Gasteiger partial charge in [-0.25, -0.2) is 4.98 Å². The van der Waals surface area contributed by atoms with Gasteiger partial charge in [-0.2, -0.15) is 0 Å². The number of aromatic nitrogens is 1. The summed E-state index contributed by atoms with van der Waals surface area (Å²) in [6.45, 7) is 12.9. The second kappa shape index (κ2) is 7.19. The van der Waals surface area contributed by atoms with Crippen molar-refractivity contribution in [1.82, 2.24) is 10.3 Å². The summed E-state index contributed by atoms with van der Waals surface area (Å²) in [5.74, 6) is 0.688. The Morgan fingerprint density at radius 3 is 2.38 bits per heavy atom. The van der Waals surface area contributed by atoms with Crippen molar-refractivity contribution in [3.63, 3.8) is 0 Å². The van der Waals surface area contributed by atoms with Crippen LogP contribution in [0.4, 0.5) is 0 Å². The smallest absolute Gasteiger partial charge is 0.0975 e. The van der Waals surface area contributed by atoms with Crippen molar-refractivity contribution in [1.29, 1.82) is 0 Å². The molecule has 0 aliphatic rings. The minimum Gasteiger partial charge on any atom is -0.312 e. The van der Waals surface area contributed by atoms with Gasteiger partial charge in [-0.3, -0.25) is 0 Å². The number of hydrogen-bond donors (Lipinski definition) is 1. The van der Waals surface area contributed by atoms with Crippen molar-refractivity contribution in [2.24, 2.45) is 5.92 Å². The fourth-order valence-corrected chi connectivity index (χ4v) is 3.62. The third kappa shape index (κ3) is 4.94. The van der Waals surface area contributed by atoms with Gasteiger partial charge in [0.05, 0.1) is 10.7 Å². The zero-order valence-corrected chi connectivity index (χ0v) is 14.6. The highest BCUT2D eigenvalue weighted by Crippen LogP contribution is 2.21. The maximum absolute atomic E-state index is 4.74. The van der Waals surface area contributed by atoms with Crippen LogP contribution in [-0.2, 0) is 13.0 Å². The van der Waals surface area contributed by atoms with E-state index < -0.39 is 0 Å². The Hall–Kier alpha value is -1.19. The fourth-order valence-electron chi connectivity index (χ4n) is 2.55. The van der Waals surface area contributed by atoms with E-state index in [9.17, 15) is 0 Å². The van der Waals surface area contributed by atoms with Crippen LogP contribution in [0.15, 0.2) is 18.2 Å². The van der Waals surface area contributed by atoms with Crippen LogP contribution in [0.25, 0.3) is 0 Å². The first-order chi connectivity index (χ1) is 9.94. The Morgan fingerprint density at radius 2 is 1.76 bits per heavy atom. The van der Waals surface area contributed by atoms with Gasteiger partial charge in [0.25, 0.3) is 0 Å². The Bertz CT molecular complexity index is 579. The van der Waals surface area contributed by atoms with Gasteiger partial charge in [-0.1, -0.05) is 43.2 Å². The Balaban J connectivity index is 2.04. The maximum atomic E-state index is 4.74. The number of hydrogen-bond acceptors (Lipinski definition) is 3. The molecule has 0 saturated heterocycles. The van der Waals surface area contributed by atoms with Crippen LogP contribution in [0.2, 0.25) is 0 Å². The number of rotatable bonds is 6. The molecule has 21 heavy (non-hydrogen) atoms. The van der Waals surface area contributed by atoms with Gasteiger partial charge in [0.1, 0.15) is 0 Å². The summed E-state index contributed by atoms with van der Waals surface area (Å²) in [4.78, 5) is 6.11. The molecule has 2 aromatic rings. The van der Waals surface area contributed by atoms with Gasteiger partial charge in [-0.15, -0.1) is 11.3 Å². The first kappa shape index (κ1) is 16.2. The lowest BCUT2D eigenvalue weighted by atomic mass is 10.1. The van der Waals surface area contributed by atoms with Crippen LogP contribution in [0.5, 0.6) is 0 Å². The van der Waals surface area contributed by atoms with Crippen LogP contribution in [-0.4, -0.2) is 11.5 Å². The predicted molar refractivity (Wildman–Crippen MR) is 92.1 cm³/mol. The molecule has 0 bridgehead atoms. The highest BCUT2D eigenvalue weighted by Gasteiger charge is 2.09. The first-order valence-electron chi connectivity index (χ1n) is 7.67. The third-order valence-corrected chi connectivity index (χ3v) is 4.57. The summed E-state index contributed by atoms with van der Waals surface area (Å²) in [5.41, 5.74) is 5.20. The molecule has 0 aliphatic heterocycles. The largest absolute Gasteiger partial charge is 0.312 e. The van der Waals surface area contributed by atoms with Crippen LogP contribution in [0.3, 0.4) is 0 Å². The van der Waals surface area contributed by atoms with E-state index in [0.29, 0.717) is 5.92 Å². The van der Waals surface area contributed by atoms with Crippen LogP contribution in [0.1, 0.15) is 46.1 Å². The third-order valence-electron chi connectivity index (χ3n) is 3.41. The Kier molecular flexibility index (Phi) is 5.54. The first-order valence-corrected chi connectivity index (χ1v) is 8.48. The van der Waals surface area contributed by atoms with E-state index in [-0.39, 0.29) is 0 Å². The van der Waals surface area contributed by atoms with Crippen molar-refractivity contribution in [2.45, 2.75) is 47.6 Å². The number of nitrogens with zero attached hydrogens (tertiary/aromatic N) is 1. The van der Waals surface area contributed by atoms with Gasteiger partial charge >= 0.3 is 0 Å². The lowest BCUT2D eigenvalue weighted by Crippen LogP contribution is -2.18. The molecule has 114 valence electrons. The Morgan fingerprint density at radius 1 is 1.10 bits per heavy atom. The van der Waals surface area contributed by atoms with E-state index in [4.69, 9.17) is 4.98 Å². The molecule has 1 aromatic carbocycles. The summed E-state index contributed by atoms with van der Waals surface area (Å²) in [7, 11) is 0. The van der Waals surface area contributed by atoms with Gasteiger partial charge in [-0.05, 0) is 38.8 Å². The quantitative estimate of drug-likeness (QED) is 0.855. The number of thiazole rings is 1. The number of nitrogens with one attached hydrogen (secondary N) is 1. The highest BCUT2D eigenvalue weighted by atomic mass is 32.1. The SMILES string of the molecule is Cc1cc(C)cc(Cc2nc(C)c(CNCC(C)C)s2)c1. The van der Waals surface area contributed by atoms with Crippen molar-refractivity contribution in [2.75, 3.05) is 6.54 Å². The molecule has 0 radical (unpaired) electrons. The van der Waals surface area contributed by atoms with E-state index in [2.05, 4.69) is 58.1 Å². The summed E-state index contributed by atoms with van der Waals surface area (Å²) in [5, 5.41) is 4.73. The lowest BCUT2D eigenvalue weighted by molar-refractivity contribution is 0.554. The van der Waals surface area contributed by atoms with E-state index in [1.54, 1.807) is 0 Å². The zero-order chi connectivity index (χ0) is 15.4. The summed E-state index contributed by atoms with van der Waals surface area (Å²) >= 11 is 1.84. The van der Waals surface area contributed by atoms with Crippen molar-refractivity contribution in [3.05, 3.63) is 50.5 Å². The van der Waals surface area contributed by atoms with Gasteiger partial charge < -0.3 is 5.32 Å². The van der Waals surface area contributed by atoms with Gasteiger partial charge in [0.2, 0.25) is 0 Å². The molecule has 1 aromatic heterocycles. The van der Waals surface area contributed by atoms with Crippen LogP contribution in [0, 0.1) is 26.7 Å². The molecule has 1 N–H and O–H groups in total. The van der Waals surface area contributed by atoms with E-state index in [0.717, 1.165) is 19.5 Å². The molecule has 3 heteroatoms. The summed E-state index contributed by atoms with van der Waals surface area (Å²) in [6.07, 6.45) is 0.943. The van der Waals surface area contributed by atoms with Crippen molar-refractivity contribution in [3.8, 4) is 0 Å². The fraction of sp³-hybridized carbons (Fsp3) is 0.500. The monoisotopic (exact) mass is 302 g/mol. The average molecular weight is 302 g/mol. The average Bonchev–Trinajstić information content (AvgIpc) is 2.67. The molecule has 0 unspecified atom stereocenters. The molecule has 0 amide bonds. The van der Waals surface area contributed by atoms with Crippen LogP contribution >= 0.6 is 11.3 Å². The van der Waals surface area contributed by atoms with Crippen LogP contribution < -0.4 is 5.32 Å². The van der Waals surface area contributed by atoms with Crippen molar-refractivity contribution >= 4 is 11.3 Å². The van der Waals surface area contributed by atoms with E-state index in [1.165, 1.54) is 32.3 Å². The second-order valence-corrected chi connectivity index (χ2v) is 7.48. The van der Waals surface area contributed by atoms with Gasteiger partial charge in [0, 0.05) is 17.8 Å². The molecule has 1 heterocycles. The normalized spacial score (nSPS) is 11.3. The molecule has 0 saturated carbocycles. The standard InChI is InChI=1S/C18H26N2S/c1-12(2)10-19-11-17-15(5)20-18(21-17)9-16-7-13(3)6-14(4)8-16/h6-8,12,19H,9-11H2,1-5H3. The summed E-state index contributed by atoms with van der Waals surface area (Å²) < 4.78 is 0. The minimum atomic E-state index is 0.688. The second-order valence-electron chi connectivity index (χ2n) is 6.31. The minimum absolute atomic E-state index is 0.688. The molecular formula is C18H26N2S. The molecule has 2 nitrogen and oxygen atoms in total. The highest BCUT2D eigenvalue weighted by molar-refractivity contribution is 7.11. The van der Waals surface area contributed by atoms with E-state index >= 15 is 0 Å². The molecule has 0 aliphatic carbocycles. The van der Waals surface area contributed by atoms with E-state index in [1.807, 2.05) is 11.3 Å². The number of aryl methyl sites for hydroxylation is 3. The molecule has 0 atom stereocenters. The number of benzene rings is 1. The van der Waals surface area contributed by atoms with Crippen molar-refractivity contribution < 1.29 is 0 Å². The maximum Gasteiger partial charge on any atom is 0.0975 e. The summed E-state index contributed by atoms with van der Waals surface area (Å²) in [6, 6.07) is 6.75. The Labute approximate surface area is 132 Å². The lowest BCUT2D eigenvalue weighted by Gasteiger charge is -2.05. The zero-order valence-electron chi connectivity index (χ0n) is 13.8. The topological polar surface area (TPSA) is 24.9 Å². The molecular weight excluding hydrogens is 276 g/mol. The molecule has 0 fully saturated rings.